The van der Waals surface area contributed by atoms with Crippen LogP contribution in [0.2, 0.25) is 0 Å². The lowest BCUT2D eigenvalue weighted by atomic mass is 10.1. The molecule has 2 rings (SSSR count). The van der Waals surface area contributed by atoms with Crippen LogP contribution in [0.4, 0.5) is 0 Å². The molecule has 0 fully saturated rings. The van der Waals surface area contributed by atoms with Gasteiger partial charge in [0, 0.05) is 13.2 Å². The van der Waals surface area contributed by atoms with E-state index >= 15 is 0 Å². The fraction of sp³-hybridized carbons (Fsp3) is 0.211. The molecule has 122 valence electrons. The Morgan fingerprint density at radius 2 is 1.83 bits per heavy atom. The SMILES string of the molecule is CC.COCOc1ccc(C(=O)/C=C/c2ccccc2)c(O)c1. The lowest BCUT2D eigenvalue weighted by Crippen LogP contribution is -2.00. The zero-order valence-corrected chi connectivity index (χ0v) is 13.7. The molecule has 0 aliphatic rings. The zero-order chi connectivity index (χ0) is 17.1. The van der Waals surface area contributed by atoms with E-state index in [0.29, 0.717) is 5.75 Å². The summed E-state index contributed by atoms with van der Waals surface area (Å²) in [5.74, 6) is 0.0545. The predicted octanol–water partition coefficient (Wildman–Crippen LogP) is 4.30. The smallest absolute Gasteiger partial charge is 0.189 e. The van der Waals surface area contributed by atoms with Crippen LogP contribution in [0.15, 0.2) is 54.6 Å². The van der Waals surface area contributed by atoms with Gasteiger partial charge in [-0.1, -0.05) is 50.3 Å². The van der Waals surface area contributed by atoms with Crippen LogP contribution in [0, 0.1) is 0 Å². The molecule has 0 spiro atoms. The van der Waals surface area contributed by atoms with E-state index in [9.17, 15) is 9.90 Å². The summed E-state index contributed by atoms with van der Waals surface area (Å²) < 4.78 is 9.96. The second-order valence-corrected chi connectivity index (χ2v) is 4.34. The fourth-order valence-electron chi connectivity index (χ4n) is 1.76. The molecule has 0 saturated heterocycles. The van der Waals surface area contributed by atoms with Gasteiger partial charge in [0.25, 0.3) is 0 Å². The zero-order valence-electron chi connectivity index (χ0n) is 13.7. The number of aromatic hydroxyl groups is 1. The third-order valence-corrected chi connectivity index (χ3v) is 2.80. The lowest BCUT2D eigenvalue weighted by Gasteiger charge is -2.06. The number of carbonyl (C=O) groups excluding carboxylic acids is 1. The minimum atomic E-state index is -0.269. The van der Waals surface area contributed by atoms with Crippen LogP contribution in [-0.4, -0.2) is 24.8 Å². The molecule has 0 aromatic heterocycles. The van der Waals surface area contributed by atoms with Gasteiger partial charge in [-0.05, 0) is 23.8 Å². The Balaban J connectivity index is 0.00000127. The van der Waals surface area contributed by atoms with E-state index in [1.54, 1.807) is 12.1 Å². The van der Waals surface area contributed by atoms with Crippen LogP contribution in [-0.2, 0) is 4.74 Å². The Morgan fingerprint density at radius 1 is 1.13 bits per heavy atom. The number of rotatable bonds is 6. The van der Waals surface area contributed by atoms with Crippen molar-refractivity contribution in [2.75, 3.05) is 13.9 Å². The molecule has 4 heteroatoms. The molecule has 0 heterocycles. The van der Waals surface area contributed by atoms with Crippen molar-refractivity contribution in [3.8, 4) is 11.5 Å². The minimum absolute atomic E-state index is 0.0840. The number of phenols is 1. The second kappa shape index (κ2) is 10.2. The molecule has 0 bridgehead atoms. The Labute approximate surface area is 137 Å². The second-order valence-electron chi connectivity index (χ2n) is 4.34. The predicted molar refractivity (Wildman–Crippen MR) is 91.8 cm³/mol. The van der Waals surface area contributed by atoms with Gasteiger partial charge in [-0.3, -0.25) is 4.79 Å². The minimum Gasteiger partial charge on any atom is -0.507 e. The van der Waals surface area contributed by atoms with Crippen molar-refractivity contribution in [3.05, 3.63) is 65.7 Å². The number of benzene rings is 2. The number of allylic oxidation sites excluding steroid dienone is 1. The first-order valence-electron chi connectivity index (χ1n) is 7.43. The normalized spacial score (nSPS) is 10.0. The van der Waals surface area contributed by atoms with Crippen molar-refractivity contribution in [2.24, 2.45) is 0 Å². The maximum atomic E-state index is 12.1. The lowest BCUT2D eigenvalue weighted by molar-refractivity contribution is 0.0510. The molecular weight excluding hydrogens is 292 g/mol. The molecule has 2 aromatic carbocycles. The Morgan fingerprint density at radius 3 is 2.43 bits per heavy atom. The number of hydrogen-bond acceptors (Lipinski definition) is 4. The standard InChI is InChI=1S/C17H16O4.C2H6/c1-20-12-21-14-8-9-15(17(19)11-14)16(18)10-7-13-5-3-2-4-6-13;1-2/h2-11,19H,12H2,1H3;1-2H3/b10-7+;. The molecule has 0 amide bonds. The van der Waals surface area contributed by atoms with Crippen molar-refractivity contribution >= 4 is 11.9 Å². The largest absolute Gasteiger partial charge is 0.507 e. The topological polar surface area (TPSA) is 55.8 Å². The van der Waals surface area contributed by atoms with Gasteiger partial charge < -0.3 is 14.6 Å². The number of carbonyl (C=O) groups is 1. The molecule has 0 saturated carbocycles. The number of ether oxygens (including phenoxy) is 2. The first-order valence-corrected chi connectivity index (χ1v) is 7.43. The van der Waals surface area contributed by atoms with Gasteiger partial charge in [0.2, 0.25) is 0 Å². The highest BCUT2D eigenvalue weighted by Crippen LogP contribution is 2.24. The van der Waals surface area contributed by atoms with Crippen LogP contribution in [0.5, 0.6) is 11.5 Å². The summed E-state index contributed by atoms with van der Waals surface area (Å²) in [6, 6.07) is 14.0. The molecule has 4 nitrogen and oxygen atoms in total. The van der Waals surface area contributed by atoms with E-state index in [1.165, 1.54) is 25.3 Å². The summed E-state index contributed by atoms with van der Waals surface area (Å²) in [6.45, 7) is 4.08. The number of methoxy groups -OCH3 is 1. The van der Waals surface area contributed by atoms with E-state index in [2.05, 4.69) is 0 Å². The van der Waals surface area contributed by atoms with E-state index in [4.69, 9.17) is 9.47 Å². The fourth-order valence-corrected chi connectivity index (χ4v) is 1.76. The highest BCUT2D eigenvalue weighted by atomic mass is 16.7. The molecule has 0 unspecified atom stereocenters. The first-order chi connectivity index (χ1) is 11.2. The van der Waals surface area contributed by atoms with Crippen LogP contribution in [0.3, 0.4) is 0 Å². The average Bonchev–Trinajstić information content (AvgIpc) is 2.60. The van der Waals surface area contributed by atoms with Crippen LogP contribution >= 0.6 is 0 Å². The van der Waals surface area contributed by atoms with Crippen molar-refractivity contribution in [1.82, 2.24) is 0 Å². The van der Waals surface area contributed by atoms with Gasteiger partial charge in [0.15, 0.2) is 12.6 Å². The van der Waals surface area contributed by atoms with Gasteiger partial charge in [-0.2, -0.15) is 0 Å². The highest BCUT2D eigenvalue weighted by Gasteiger charge is 2.09. The van der Waals surface area contributed by atoms with Crippen molar-refractivity contribution in [1.29, 1.82) is 0 Å². The van der Waals surface area contributed by atoms with Gasteiger partial charge in [-0.15, -0.1) is 0 Å². The maximum Gasteiger partial charge on any atom is 0.189 e. The quantitative estimate of drug-likeness (QED) is 0.491. The molecule has 0 aliphatic heterocycles. The third kappa shape index (κ3) is 5.96. The van der Waals surface area contributed by atoms with Crippen LogP contribution in [0.1, 0.15) is 29.8 Å². The first kappa shape index (κ1) is 18.5. The third-order valence-electron chi connectivity index (χ3n) is 2.80. The number of phenolic OH excluding ortho intramolecular Hbond substituents is 1. The van der Waals surface area contributed by atoms with E-state index in [-0.39, 0.29) is 23.9 Å². The molecule has 0 atom stereocenters. The Kier molecular flexibility index (Phi) is 8.18. The Bertz CT molecular complexity index is 633. The van der Waals surface area contributed by atoms with E-state index < -0.39 is 0 Å². The molecule has 2 aromatic rings. The van der Waals surface area contributed by atoms with E-state index in [0.717, 1.165) is 5.56 Å². The molecule has 0 radical (unpaired) electrons. The monoisotopic (exact) mass is 314 g/mol. The van der Waals surface area contributed by atoms with Crippen molar-refractivity contribution in [3.63, 3.8) is 0 Å². The molecule has 23 heavy (non-hydrogen) atoms. The summed E-state index contributed by atoms with van der Waals surface area (Å²) >= 11 is 0. The summed E-state index contributed by atoms with van der Waals surface area (Å²) in [4.78, 5) is 12.1. The maximum absolute atomic E-state index is 12.1. The number of hydrogen-bond donors (Lipinski definition) is 1. The Hall–Kier alpha value is -2.59. The van der Waals surface area contributed by atoms with Crippen molar-refractivity contribution in [2.45, 2.75) is 13.8 Å². The van der Waals surface area contributed by atoms with Crippen molar-refractivity contribution < 1.29 is 19.4 Å². The molecule has 0 aliphatic carbocycles. The summed E-state index contributed by atoms with van der Waals surface area (Å²) in [6.07, 6.45) is 3.14. The van der Waals surface area contributed by atoms with Gasteiger partial charge in [0.1, 0.15) is 11.5 Å². The molecular formula is C19H22O4. The number of ketones is 1. The van der Waals surface area contributed by atoms with Gasteiger partial charge in [0.05, 0.1) is 5.56 Å². The van der Waals surface area contributed by atoms with Crippen LogP contribution < -0.4 is 4.74 Å². The van der Waals surface area contributed by atoms with Gasteiger partial charge >= 0.3 is 0 Å². The summed E-state index contributed by atoms with van der Waals surface area (Å²) in [5.41, 5.74) is 1.15. The highest BCUT2D eigenvalue weighted by molar-refractivity contribution is 6.08. The van der Waals surface area contributed by atoms with E-state index in [1.807, 2.05) is 44.2 Å². The molecule has 1 N–H and O–H groups in total. The van der Waals surface area contributed by atoms with Crippen LogP contribution in [0.25, 0.3) is 6.08 Å². The van der Waals surface area contributed by atoms with Gasteiger partial charge in [-0.25, -0.2) is 0 Å². The average molecular weight is 314 g/mol. The summed E-state index contributed by atoms with van der Waals surface area (Å²) in [5, 5.41) is 9.88. The summed E-state index contributed by atoms with van der Waals surface area (Å²) in [7, 11) is 1.51.